The summed E-state index contributed by atoms with van der Waals surface area (Å²) in [5.74, 6) is -0.244. The number of nitrogens with zero attached hydrogens (tertiary/aromatic N) is 3. The SMILES string of the molecule is O=C(Nc1ccccc1Cl)Nc1nc(-c2ccc(F)cc2)cn1N=Cc1ccc(Cl)cc1Cl. The van der Waals surface area contributed by atoms with Crippen LogP contribution >= 0.6 is 34.8 Å². The molecule has 0 aliphatic heterocycles. The van der Waals surface area contributed by atoms with Gasteiger partial charge in [0, 0.05) is 16.1 Å². The first-order chi connectivity index (χ1) is 15.9. The second-order valence-electron chi connectivity index (χ2n) is 6.77. The number of carbonyl (C=O) groups is 1. The highest BCUT2D eigenvalue weighted by Crippen LogP contribution is 2.24. The lowest BCUT2D eigenvalue weighted by atomic mass is 10.2. The number of hydrogen-bond acceptors (Lipinski definition) is 3. The summed E-state index contributed by atoms with van der Waals surface area (Å²) in [6, 6.07) is 17.0. The van der Waals surface area contributed by atoms with E-state index in [2.05, 4.69) is 20.7 Å². The molecular weight excluding hydrogens is 488 g/mol. The van der Waals surface area contributed by atoms with Gasteiger partial charge in [-0.15, -0.1) is 0 Å². The van der Waals surface area contributed by atoms with E-state index in [1.807, 2.05) is 0 Å². The summed E-state index contributed by atoms with van der Waals surface area (Å²) in [6.45, 7) is 0. The Labute approximate surface area is 203 Å². The van der Waals surface area contributed by atoms with Gasteiger partial charge in [-0.3, -0.25) is 5.32 Å². The zero-order chi connectivity index (χ0) is 23.4. The summed E-state index contributed by atoms with van der Waals surface area (Å²) >= 11 is 18.3. The molecule has 0 saturated heterocycles. The lowest BCUT2D eigenvalue weighted by Gasteiger charge is -2.08. The van der Waals surface area contributed by atoms with E-state index in [1.165, 1.54) is 23.0 Å². The molecule has 1 aromatic heterocycles. The van der Waals surface area contributed by atoms with E-state index < -0.39 is 6.03 Å². The van der Waals surface area contributed by atoms with Crippen molar-refractivity contribution in [3.05, 3.63) is 99.4 Å². The van der Waals surface area contributed by atoms with Crippen LogP contribution in [0, 0.1) is 5.82 Å². The van der Waals surface area contributed by atoms with Gasteiger partial charge in [0.05, 0.1) is 33.8 Å². The van der Waals surface area contributed by atoms with E-state index in [9.17, 15) is 9.18 Å². The molecule has 4 aromatic rings. The van der Waals surface area contributed by atoms with E-state index in [4.69, 9.17) is 34.8 Å². The predicted molar refractivity (Wildman–Crippen MR) is 131 cm³/mol. The van der Waals surface area contributed by atoms with E-state index in [0.29, 0.717) is 37.6 Å². The first-order valence-electron chi connectivity index (χ1n) is 9.56. The molecule has 0 bridgehead atoms. The number of benzene rings is 3. The number of nitrogens with one attached hydrogen (secondary N) is 2. The predicted octanol–water partition coefficient (Wildman–Crippen LogP) is 7.18. The maximum Gasteiger partial charge on any atom is 0.326 e. The third kappa shape index (κ3) is 5.70. The number of carbonyl (C=O) groups excluding carboxylic acids is 1. The van der Waals surface area contributed by atoms with Crippen LogP contribution < -0.4 is 10.6 Å². The Balaban J connectivity index is 1.64. The van der Waals surface area contributed by atoms with Gasteiger partial charge in [0.25, 0.3) is 0 Å². The molecule has 0 aliphatic rings. The highest BCUT2D eigenvalue weighted by Gasteiger charge is 2.14. The number of para-hydroxylation sites is 1. The van der Waals surface area contributed by atoms with E-state index in [0.717, 1.165) is 0 Å². The van der Waals surface area contributed by atoms with Crippen molar-refractivity contribution in [2.75, 3.05) is 10.6 Å². The Morgan fingerprint density at radius 1 is 0.970 bits per heavy atom. The second kappa shape index (κ2) is 10.0. The average molecular weight is 503 g/mol. The van der Waals surface area contributed by atoms with Crippen molar-refractivity contribution in [2.24, 2.45) is 5.10 Å². The van der Waals surface area contributed by atoms with Crippen molar-refractivity contribution in [1.82, 2.24) is 9.66 Å². The van der Waals surface area contributed by atoms with Crippen molar-refractivity contribution >= 4 is 58.7 Å². The van der Waals surface area contributed by atoms with Crippen LogP contribution in [0.3, 0.4) is 0 Å². The molecule has 0 spiro atoms. The summed E-state index contributed by atoms with van der Waals surface area (Å²) in [6.07, 6.45) is 3.10. The monoisotopic (exact) mass is 501 g/mol. The number of imidazole rings is 1. The molecule has 0 unspecified atom stereocenters. The highest BCUT2D eigenvalue weighted by molar-refractivity contribution is 6.36. The molecule has 0 radical (unpaired) electrons. The minimum atomic E-state index is -0.569. The molecule has 0 aliphatic carbocycles. The van der Waals surface area contributed by atoms with Gasteiger partial charge in [-0.1, -0.05) is 53.0 Å². The van der Waals surface area contributed by atoms with Crippen LogP contribution in [0.5, 0.6) is 0 Å². The fraction of sp³-hybridized carbons (Fsp3) is 0. The molecule has 10 heteroatoms. The molecule has 1 heterocycles. The van der Waals surface area contributed by atoms with Gasteiger partial charge < -0.3 is 5.32 Å². The minimum absolute atomic E-state index is 0.125. The lowest BCUT2D eigenvalue weighted by molar-refractivity contribution is 0.262. The number of aromatic nitrogens is 2. The fourth-order valence-corrected chi connectivity index (χ4v) is 3.49. The van der Waals surface area contributed by atoms with Gasteiger partial charge in [0.15, 0.2) is 0 Å². The Bertz CT molecular complexity index is 1340. The van der Waals surface area contributed by atoms with Crippen molar-refractivity contribution in [1.29, 1.82) is 0 Å². The number of anilines is 2. The van der Waals surface area contributed by atoms with E-state index in [1.54, 1.807) is 60.8 Å². The largest absolute Gasteiger partial charge is 0.326 e. The Morgan fingerprint density at radius 3 is 2.45 bits per heavy atom. The van der Waals surface area contributed by atoms with E-state index in [-0.39, 0.29) is 11.8 Å². The van der Waals surface area contributed by atoms with Gasteiger partial charge in [0.1, 0.15) is 5.82 Å². The molecule has 0 fully saturated rings. The standard InChI is InChI=1S/C23H15Cl3FN5O/c24-16-8-5-15(19(26)11-16)12-28-32-13-21(14-6-9-17(27)10-7-14)29-22(32)31-23(33)30-20-4-2-1-3-18(20)25/h1-13H,(H2,29,30,31,33). The molecule has 6 nitrogen and oxygen atoms in total. The number of halogens is 4. The number of hydrogen-bond donors (Lipinski definition) is 2. The fourth-order valence-electron chi connectivity index (χ4n) is 2.85. The third-order valence-corrected chi connectivity index (χ3v) is 5.35. The third-order valence-electron chi connectivity index (χ3n) is 4.46. The molecular formula is C23H15Cl3FN5O. The zero-order valence-electron chi connectivity index (χ0n) is 16.8. The summed E-state index contributed by atoms with van der Waals surface area (Å²) in [7, 11) is 0. The first kappa shape index (κ1) is 22.8. The van der Waals surface area contributed by atoms with Crippen LogP contribution in [0.15, 0.2) is 78.0 Å². The van der Waals surface area contributed by atoms with Crippen molar-refractivity contribution < 1.29 is 9.18 Å². The van der Waals surface area contributed by atoms with Gasteiger partial charge in [-0.05, 0) is 48.5 Å². The summed E-state index contributed by atoms with van der Waals surface area (Å²) in [4.78, 5) is 17.0. The van der Waals surface area contributed by atoms with Gasteiger partial charge in [0.2, 0.25) is 5.95 Å². The molecule has 166 valence electrons. The summed E-state index contributed by atoms with van der Waals surface area (Å²) < 4.78 is 14.7. The number of urea groups is 1. The quantitative estimate of drug-likeness (QED) is 0.284. The molecule has 3 aromatic carbocycles. The number of amides is 2. The van der Waals surface area contributed by atoms with Crippen LogP contribution in [0.2, 0.25) is 15.1 Å². The van der Waals surface area contributed by atoms with Crippen molar-refractivity contribution in [3.63, 3.8) is 0 Å². The molecule has 2 amide bonds. The van der Waals surface area contributed by atoms with Crippen molar-refractivity contribution in [2.45, 2.75) is 0 Å². The Morgan fingerprint density at radius 2 is 1.73 bits per heavy atom. The van der Waals surface area contributed by atoms with Gasteiger partial charge >= 0.3 is 6.03 Å². The van der Waals surface area contributed by atoms with Crippen LogP contribution in [-0.2, 0) is 0 Å². The average Bonchev–Trinajstić information content (AvgIpc) is 3.17. The smallest absolute Gasteiger partial charge is 0.306 e. The highest BCUT2D eigenvalue weighted by atomic mass is 35.5. The molecule has 33 heavy (non-hydrogen) atoms. The second-order valence-corrected chi connectivity index (χ2v) is 8.02. The lowest BCUT2D eigenvalue weighted by Crippen LogP contribution is -2.21. The molecule has 2 N–H and O–H groups in total. The summed E-state index contributed by atoms with van der Waals surface area (Å²) in [5.41, 5.74) is 2.17. The van der Waals surface area contributed by atoms with Crippen LogP contribution in [0.4, 0.5) is 20.8 Å². The minimum Gasteiger partial charge on any atom is -0.306 e. The Kier molecular flexibility index (Phi) is 6.93. The first-order valence-corrected chi connectivity index (χ1v) is 10.7. The molecule has 0 saturated carbocycles. The van der Waals surface area contributed by atoms with Gasteiger partial charge in [-0.2, -0.15) is 5.10 Å². The maximum absolute atomic E-state index is 13.3. The maximum atomic E-state index is 13.3. The molecule has 0 atom stereocenters. The topological polar surface area (TPSA) is 71.3 Å². The van der Waals surface area contributed by atoms with Crippen LogP contribution in [0.1, 0.15) is 5.56 Å². The van der Waals surface area contributed by atoms with E-state index >= 15 is 0 Å². The van der Waals surface area contributed by atoms with Crippen LogP contribution in [0.25, 0.3) is 11.3 Å². The Hall–Kier alpha value is -3.39. The van der Waals surface area contributed by atoms with Crippen molar-refractivity contribution in [3.8, 4) is 11.3 Å². The summed E-state index contributed by atoms with van der Waals surface area (Å²) in [5, 5.41) is 11.0. The zero-order valence-corrected chi connectivity index (χ0v) is 19.0. The van der Waals surface area contributed by atoms with Crippen LogP contribution in [-0.4, -0.2) is 21.9 Å². The number of rotatable bonds is 5. The molecule has 4 rings (SSSR count). The van der Waals surface area contributed by atoms with Gasteiger partial charge in [-0.25, -0.2) is 18.8 Å². The normalized spacial score (nSPS) is 11.0.